The van der Waals surface area contributed by atoms with Crippen molar-refractivity contribution in [2.45, 2.75) is 63.0 Å². The third-order valence-electron chi connectivity index (χ3n) is 6.78. The monoisotopic (exact) mass is 591 g/mol. The van der Waals surface area contributed by atoms with E-state index >= 15 is 0 Å². The van der Waals surface area contributed by atoms with E-state index in [4.69, 9.17) is 4.74 Å². The Balaban J connectivity index is 1.64. The van der Waals surface area contributed by atoms with Crippen LogP contribution in [0.3, 0.4) is 0 Å². The van der Waals surface area contributed by atoms with Gasteiger partial charge in [-0.3, -0.25) is 19.8 Å². The summed E-state index contributed by atoms with van der Waals surface area (Å²) in [5.41, 5.74) is -7.64. The summed E-state index contributed by atoms with van der Waals surface area (Å²) in [7, 11) is 0. The van der Waals surface area contributed by atoms with Gasteiger partial charge in [-0.1, -0.05) is 19.4 Å². The van der Waals surface area contributed by atoms with Crippen LogP contribution in [0.5, 0.6) is 5.75 Å². The van der Waals surface area contributed by atoms with Crippen LogP contribution in [0.15, 0.2) is 42.5 Å². The molecule has 1 heterocycles. The second-order valence-corrected chi connectivity index (χ2v) is 9.65. The summed E-state index contributed by atoms with van der Waals surface area (Å²) in [5.74, 6) is -0.525. The van der Waals surface area contributed by atoms with Crippen LogP contribution in [0, 0.1) is 10.1 Å². The van der Waals surface area contributed by atoms with Gasteiger partial charge < -0.3 is 15.2 Å². The van der Waals surface area contributed by atoms with Crippen molar-refractivity contribution in [3.63, 3.8) is 0 Å². The number of ether oxygens (including phenoxy) is 1. The Labute approximate surface area is 230 Å². The van der Waals surface area contributed by atoms with E-state index in [0.29, 0.717) is 24.1 Å². The molecule has 3 rings (SSSR count). The number of aliphatic hydroxyl groups is 1. The standard InChI is InChI=1S/C26H27F6N3O6/c1-3-6-16-15-18(24(38,25(27,28)29)26(30,31)32)9-12-20(16)41-14-5-4-13-34-21(36)23(2,33-22(34)37)17-7-10-19(11-8-17)35(39)40/h7-12,15,38H,3-6,13-14H2,1-2H3,(H,33,37). The van der Waals surface area contributed by atoms with Crippen LogP contribution in [0.1, 0.15) is 49.8 Å². The number of nitro benzene ring substituents is 1. The summed E-state index contributed by atoms with van der Waals surface area (Å²) < 4.78 is 85.3. The number of alkyl halides is 6. The van der Waals surface area contributed by atoms with Crippen LogP contribution in [0.4, 0.5) is 36.8 Å². The molecule has 2 aromatic rings. The fourth-order valence-corrected chi connectivity index (χ4v) is 4.46. The lowest BCUT2D eigenvalue weighted by Crippen LogP contribution is -2.53. The van der Waals surface area contributed by atoms with Gasteiger partial charge in [-0.2, -0.15) is 26.3 Å². The number of imide groups is 1. The largest absolute Gasteiger partial charge is 0.493 e. The van der Waals surface area contributed by atoms with Gasteiger partial charge in [0.1, 0.15) is 11.3 Å². The van der Waals surface area contributed by atoms with E-state index < -0.39 is 45.9 Å². The van der Waals surface area contributed by atoms with Crippen LogP contribution in [-0.2, 0) is 22.4 Å². The number of urea groups is 1. The van der Waals surface area contributed by atoms with Crippen molar-refractivity contribution in [2.24, 2.45) is 0 Å². The average molecular weight is 592 g/mol. The molecule has 1 fully saturated rings. The first-order valence-corrected chi connectivity index (χ1v) is 12.5. The van der Waals surface area contributed by atoms with Crippen molar-refractivity contribution in [2.75, 3.05) is 13.2 Å². The number of nitrogens with one attached hydrogen (secondary N) is 1. The first-order chi connectivity index (χ1) is 19.0. The Bertz CT molecular complexity index is 1280. The first-order valence-electron chi connectivity index (χ1n) is 12.5. The smallest absolute Gasteiger partial charge is 0.430 e. The van der Waals surface area contributed by atoms with E-state index in [1.807, 2.05) is 0 Å². The molecule has 41 heavy (non-hydrogen) atoms. The Morgan fingerprint density at radius 3 is 2.17 bits per heavy atom. The number of unbranched alkanes of at least 4 members (excludes halogenated alkanes) is 1. The lowest BCUT2D eigenvalue weighted by molar-refractivity contribution is -0.384. The minimum atomic E-state index is -6.01. The first kappa shape index (κ1) is 31.6. The highest BCUT2D eigenvalue weighted by molar-refractivity contribution is 6.07. The highest BCUT2D eigenvalue weighted by Gasteiger charge is 2.71. The lowest BCUT2D eigenvalue weighted by Gasteiger charge is -2.33. The second-order valence-electron chi connectivity index (χ2n) is 9.65. The van der Waals surface area contributed by atoms with E-state index in [1.54, 1.807) is 6.92 Å². The number of nitrogens with zero attached hydrogens (tertiary/aromatic N) is 2. The number of rotatable bonds is 11. The molecule has 1 aliphatic heterocycles. The molecule has 0 saturated carbocycles. The molecular formula is C26H27F6N3O6. The number of nitro groups is 1. The van der Waals surface area contributed by atoms with E-state index in [-0.39, 0.29) is 49.4 Å². The molecule has 1 aliphatic rings. The van der Waals surface area contributed by atoms with Gasteiger partial charge in [-0.25, -0.2) is 4.79 Å². The van der Waals surface area contributed by atoms with E-state index in [2.05, 4.69) is 5.32 Å². The Hall–Kier alpha value is -3.88. The van der Waals surface area contributed by atoms with E-state index in [1.165, 1.54) is 31.2 Å². The molecule has 1 atom stereocenters. The van der Waals surface area contributed by atoms with Gasteiger partial charge in [0, 0.05) is 24.2 Å². The predicted octanol–water partition coefficient (Wildman–Crippen LogP) is 5.49. The summed E-state index contributed by atoms with van der Waals surface area (Å²) in [5, 5.41) is 23.2. The molecule has 1 unspecified atom stereocenters. The molecule has 224 valence electrons. The summed E-state index contributed by atoms with van der Waals surface area (Å²) in [6, 6.07) is 6.59. The molecule has 0 radical (unpaired) electrons. The summed E-state index contributed by atoms with van der Waals surface area (Å²) in [6.45, 7) is 3.09. The SMILES string of the molecule is CCCc1cc(C(O)(C(F)(F)F)C(F)(F)F)ccc1OCCCCN1C(=O)NC(C)(c2ccc([N+](=O)[O-])cc2)C1=O. The Kier molecular flexibility index (Phi) is 8.91. The number of hydrogen-bond acceptors (Lipinski definition) is 6. The highest BCUT2D eigenvalue weighted by Crippen LogP contribution is 2.50. The maximum absolute atomic E-state index is 13.3. The number of carbonyl (C=O) groups excluding carboxylic acids is 2. The molecule has 0 spiro atoms. The van der Waals surface area contributed by atoms with E-state index in [0.717, 1.165) is 11.0 Å². The molecule has 3 amide bonds. The molecular weight excluding hydrogens is 564 g/mol. The normalized spacial score (nSPS) is 18.0. The predicted molar refractivity (Wildman–Crippen MR) is 132 cm³/mol. The van der Waals surface area contributed by atoms with Crippen molar-refractivity contribution < 1.29 is 50.7 Å². The topological polar surface area (TPSA) is 122 Å². The van der Waals surface area contributed by atoms with Gasteiger partial charge in [0.05, 0.1) is 11.5 Å². The number of amides is 3. The number of aryl methyl sites for hydroxylation is 1. The van der Waals surface area contributed by atoms with Crippen molar-refractivity contribution in [3.8, 4) is 5.75 Å². The number of carbonyl (C=O) groups is 2. The van der Waals surface area contributed by atoms with Gasteiger partial charge in [0.2, 0.25) is 0 Å². The zero-order chi connectivity index (χ0) is 30.8. The van der Waals surface area contributed by atoms with Crippen LogP contribution >= 0.6 is 0 Å². The second kappa shape index (κ2) is 11.5. The molecule has 15 heteroatoms. The van der Waals surface area contributed by atoms with E-state index in [9.17, 15) is 51.2 Å². The summed E-state index contributed by atoms with van der Waals surface area (Å²) in [6.07, 6.45) is -11.0. The Morgan fingerprint density at radius 1 is 1.02 bits per heavy atom. The maximum atomic E-state index is 13.3. The van der Waals surface area contributed by atoms with Crippen molar-refractivity contribution in [3.05, 3.63) is 69.3 Å². The fraction of sp³-hybridized carbons (Fsp3) is 0.462. The number of benzene rings is 2. The molecule has 0 aromatic heterocycles. The van der Waals surface area contributed by atoms with Gasteiger partial charge in [0.25, 0.3) is 17.2 Å². The summed E-state index contributed by atoms with van der Waals surface area (Å²) in [4.78, 5) is 36.8. The average Bonchev–Trinajstić information content (AvgIpc) is 3.11. The molecule has 1 saturated heterocycles. The Morgan fingerprint density at radius 2 is 1.63 bits per heavy atom. The molecule has 0 bridgehead atoms. The zero-order valence-electron chi connectivity index (χ0n) is 21.9. The van der Waals surface area contributed by atoms with Gasteiger partial charge in [0.15, 0.2) is 0 Å². The molecule has 2 N–H and O–H groups in total. The number of hydrogen-bond donors (Lipinski definition) is 2. The third-order valence-corrected chi connectivity index (χ3v) is 6.78. The van der Waals surface area contributed by atoms with Crippen molar-refractivity contribution in [1.29, 1.82) is 0 Å². The fourth-order valence-electron chi connectivity index (χ4n) is 4.46. The van der Waals surface area contributed by atoms with Gasteiger partial charge >= 0.3 is 18.4 Å². The van der Waals surface area contributed by atoms with Crippen LogP contribution < -0.4 is 10.1 Å². The molecule has 9 nitrogen and oxygen atoms in total. The van der Waals surface area contributed by atoms with Gasteiger partial charge in [-0.05, 0) is 61.6 Å². The third kappa shape index (κ3) is 6.09. The minimum absolute atomic E-state index is 0.0124. The minimum Gasteiger partial charge on any atom is -0.493 e. The molecule has 0 aliphatic carbocycles. The highest BCUT2D eigenvalue weighted by atomic mass is 19.4. The maximum Gasteiger partial charge on any atom is 0.430 e. The van der Waals surface area contributed by atoms with Crippen LogP contribution in [0.2, 0.25) is 0 Å². The number of halogens is 6. The molecule has 2 aromatic carbocycles. The van der Waals surface area contributed by atoms with Crippen LogP contribution in [-0.4, -0.2) is 52.4 Å². The van der Waals surface area contributed by atoms with Crippen LogP contribution in [0.25, 0.3) is 0 Å². The number of non-ortho nitro benzene ring substituents is 1. The lowest BCUT2D eigenvalue weighted by atomic mass is 9.90. The van der Waals surface area contributed by atoms with Crippen molar-refractivity contribution >= 4 is 17.6 Å². The quantitative estimate of drug-likeness (QED) is 0.117. The van der Waals surface area contributed by atoms with Gasteiger partial charge in [-0.15, -0.1) is 0 Å². The summed E-state index contributed by atoms with van der Waals surface area (Å²) >= 11 is 0. The zero-order valence-corrected chi connectivity index (χ0v) is 21.9. The van der Waals surface area contributed by atoms with Crippen molar-refractivity contribution in [1.82, 2.24) is 10.2 Å².